The molecule has 0 saturated heterocycles. The standard InChI is InChI=1S/C12H20N2OS/c1-12(2,3)11(15)14-9-6-4-5-7-10(9)16-8-13/h9-10H,4-7H2,1-3H3,(H,14,15)/t9-,10?/m0/s1. The van der Waals surface area contributed by atoms with Gasteiger partial charge in [0.15, 0.2) is 0 Å². The van der Waals surface area contributed by atoms with Crippen LogP contribution in [0.2, 0.25) is 0 Å². The molecule has 0 aromatic rings. The monoisotopic (exact) mass is 240 g/mol. The molecule has 1 aliphatic carbocycles. The maximum Gasteiger partial charge on any atom is 0.225 e. The van der Waals surface area contributed by atoms with Crippen molar-refractivity contribution in [1.29, 1.82) is 5.26 Å². The van der Waals surface area contributed by atoms with Gasteiger partial charge in [-0.2, -0.15) is 5.26 Å². The first-order valence-corrected chi connectivity index (χ1v) is 6.69. The highest BCUT2D eigenvalue weighted by atomic mass is 32.2. The zero-order valence-electron chi connectivity index (χ0n) is 10.2. The Balaban J connectivity index is 2.57. The smallest absolute Gasteiger partial charge is 0.225 e. The van der Waals surface area contributed by atoms with Crippen molar-refractivity contribution in [1.82, 2.24) is 5.32 Å². The third-order valence-electron chi connectivity index (χ3n) is 2.90. The molecule has 0 bridgehead atoms. The molecule has 0 radical (unpaired) electrons. The molecule has 1 saturated carbocycles. The molecule has 1 amide bonds. The highest BCUT2D eigenvalue weighted by Gasteiger charge is 2.30. The van der Waals surface area contributed by atoms with E-state index in [1.54, 1.807) is 0 Å². The van der Waals surface area contributed by atoms with E-state index in [9.17, 15) is 4.79 Å². The van der Waals surface area contributed by atoms with Gasteiger partial charge < -0.3 is 5.32 Å². The Morgan fingerprint density at radius 1 is 1.38 bits per heavy atom. The number of thioether (sulfide) groups is 1. The largest absolute Gasteiger partial charge is 0.352 e. The van der Waals surface area contributed by atoms with Crippen LogP contribution in [0.5, 0.6) is 0 Å². The first kappa shape index (κ1) is 13.4. The van der Waals surface area contributed by atoms with Crippen molar-refractivity contribution in [2.45, 2.75) is 57.7 Å². The summed E-state index contributed by atoms with van der Waals surface area (Å²) in [5.74, 6) is 0.0861. The van der Waals surface area contributed by atoms with Gasteiger partial charge in [-0.05, 0) is 24.6 Å². The number of carbonyl (C=O) groups is 1. The predicted octanol–water partition coefficient (Wildman–Crippen LogP) is 2.67. The summed E-state index contributed by atoms with van der Waals surface area (Å²) in [5, 5.41) is 14.2. The van der Waals surface area contributed by atoms with Crippen molar-refractivity contribution >= 4 is 17.7 Å². The molecular formula is C12H20N2OS. The lowest BCUT2D eigenvalue weighted by molar-refractivity contribution is -0.129. The minimum Gasteiger partial charge on any atom is -0.352 e. The van der Waals surface area contributed by atoms with E-state index in [1.807, 2.05) is 20.8 Å². The molecule has 0 aliphatic heterocycles. The summed E-state index contributed by atoms with van der Waals surface area (Å²) in [4.78, 5) is 11.9. The number of carbonyl (C=O) groups excluding carboxylic acids is 1. The summed E-state index contributed by atoms with van der Waals surface area (Å²) in [7, 11) is 0. The average molecular weight is 240 g/mol. The van der Waals surface area contributed by atoms with Gasteiger partial charge >= 0.3 is 0 Å². The molecule has 1 rings (SSSR count). The van der Waals surface area contributed by atoms with E-state index in [2.05, 4.69) is 10.7 Å². The van der Waals surface area contributed by atoms with Crippen LogP contribution in [0.25, 0.3) is 0 Å². The van der Waals surface area contributed by atoms with Crippen LogP contribution < -0.4 is 5.32 Å². The Hall–Kier alpha value is -0.690. The fourth-order valence-electron chi connectivity index (χ4n) is 1.86. The van der Waals surface area contributed by atoms with E-state index in [-0.39, 0.29) is 22.6 Å². The van der Waals surface area contributed by atoms with Crippen molar-refractivity contribution in [2.24, 2.45) is 5.41 Å². The second kappa shape index (κ2) is 5.58. The molecular weight excluding hydrogens is 220 g/mol. The number of hydrogen-bond acceptors (Lipinski definition) is 3. The molecule has 4 heteroatoms. The Bertz CT molecular complexity index is 290. The molecule has 1 fully saturated rings. The molecule has 0 heterocycles. The number of rotatable bonds is 2. The summed E-state index contributed by atoms with van der Waals surface area (Å²) in [6, 6.07) is 0.171. The van der Waals surface area contributed by atoms with E-state index in [1.165, 1.54) is 18.2 Å². The molecule has 0 aromatic heterocycles. The first-order chi connectivity index (χ1) is 7.45. The molecule has 16 heavy (non-hydrogen) atoms. The normalized spacial score (nSPS) is 25.9. The van der Waals surface area contributed by atoms with Crippen LogP contribution in [0, 0.1) is 16.1 Å². The number of amides is 1. The molecule has 3 nitrogen and oxygen atoms in total. The average Bonchev–Trinajstić information content (AvgIpc) is 2.20. The van der Waals surface area contributed by atoms with Gasteiger partial charge in [0.1, 0.15) is 5.40 Å². The molecule has 0 spiro atoms. The summed E-state index contributed by atoms with van der Waals surface area (Å²) < 4.78 is 0. The molecule has 1 N–H and O–H groups in total. The van der Waals surface area contributed by atoms with Gasteiger partial charge in [-0.15, -0.1) is 0 Å². The summed E-state index contributed by atoms with van der Waals surface area (Å²) in [6.07, 6.45) is 4.35. The molecule has 90 valence electrons. The third-order valence-corrected chi connectivity index (χ3v) is 3.88. The van der Waals surface area contributed by atoms with Crippen molar-refractivity contribution in [3.8, 4) is 5.40 Å². The minimum atomic E-state index is -0.348. The van der Waals surface area contributed by atoms with Crippen LogP contribution in [0.3, 0.4) is 0 Å². The lowest BCUT2D eigenvalue weighted by Gasteiger charge is -2.32. The highest BCUT2D eigenvalue weighted by molar-refractivity contribution is 8.04. The van der Waals surface area contributed by atoms with Crippen LogP contribution in [0.1, 0.15) is 46.5 Å². The summed E-state index contributed by atoms with van der Waals surface area (Å²) >= 11 is 1.30. The minimum absolute atomic E-state index is 0.0861. The van der Waals surface area contributed by atoms with Gasteiger partial charge in [0.25, 0.3) is 0 Å². The van der Waals surface area contributed by atoms with E-state index >= 15 is 0 Å². The molecule has 2 atom stereocenters. The molecule has 1 unspecified atom stereocenters. The topological polar surface area (TPSA) is 52.9 Å². The Morgan fingerprint density at radius 3 is 2.56 bits per heavy atom. The van der Waals surface area contributed by atoms with E-state index in [0.717, 1.165) is 19.3 Å². The fraction of sp³-hybridized carbons (Fsp3) is 0.833. The van der Waals surface area contributed by atoms with Gasteiger partial charge in [-0.1, -0.05) is 33.6 Å². The molecule has 1 aliphatic rings. The van der Waals surface area contributed by atoms with Crippen LogP contribution in [0.15, 0.2) is 0 Å². The number of thiocyanates is 1. The second-order valence-corrected chi connectivity index (χ2v) is 6.39. The number of nitrogens with zero attached hydrogens (tertiary/aromatic N) is 1. The quantitative estimate of drug-likeness (QED) is 0.755. The van der Waals surface area contributed by atoms with E-state index in [4.69, 9.17) is 5.26 Å². The van der Waals surface area contributed by atoms with Crippen molar-refractivity contribution in [3.63, 3.8) is 0 Å². The van der Waals surface area contributed by atoms with Gasteiger partial charge in [0.05, 0.1) is 0 Å². The SMILES string of the molecule is CC(C)(C)C(=O)N[C@H]1CCCCC1SC#N. The maximum absolute atomic E-state index is 11.9. The lowest BCUT2D eigenvalue weighted by atomic mass is 9.91. The van der Waals surface area contributed by atoms with E-state index < -0.39 is 0 Å². The molecule has 0 aromatic carbocycles. The Morgan fingerprint density at radius 2 is 2.00 bits per heavy atom. The number of nitrogens with one attached hydrogen (secondary N) is 1. The van der Waals surface area contributed by atoms with E-state index in [0.29, 0.717) is 0 Å². The van der Waals surface area contributed by atoms with Gasteiger partial charge in [0, 0.05) is 16.7 Å². The van der Waals surface area contributed by atoms with Crippen molar-refractivity contribution < 1.29 is 4.79 Å². The van der Waals surface area contributed by atoms with Crippen LogP contribution in [-0.4, -0.2) is 17.2 Å². The second-order valence-electron chi connectivity index (χ2n) is 5.36. The summed E-state index contributed by atoms with van der Waals surface area (Å²) in [6.45, 7) is 5.74. The third kappa shape index (κ3) is 3.71. The highest BCUT2D eigenvalue weighted by Crippen LogP contribution is 2.29. The first-order valence-electron chi connectivity index (χ1n) is 5.81. The van der Waals surface area contributed by atoms with Crippen LogP contribution >= 0.6 is 11.8 Å². The fourth-order valence-corrected chi connectivity index (χ4v) is 2.64. The Kier molecular flexibility index (Phi) is 4.67. The lowest BCUT2D eigenvalue weighted by Crippen LogP contribution is -2.47. The summed E-state index contributed by atoms with van der Waals surface area (Å²) in [5.41, 5.74) is -0.348. The van der Waals surface area contributed by atoms with Crippen molar-refractivity contribution in [2.75, 3.05) is 0 Å². The zero-order valence-corrected chi connectivity index (χ0v) is 11.1. The Labute approximate surface area is 102 Å². The number of nitriles is 1. The number of hydrogen-bond donors (Lipinski definition) is 1. The maximum atomic E-state index is 11.9. The predicted molar refractivity (Wildman–Crippen MR) is 66.8 cm³/mol. The van der Waals surface area contributed by atoms with Gasteiger partial charge in [-0.3, -0.25) is 4.79 Å². The zero-order chi connectivity index (χ0) is 12.2. The van der Waals surface area contributed by atoms with Crippen molar-refractivity contribution in [3.05, 3.63) is 0 Å². The van der Waals surface area contributed by atoms with Crippen LogP contribution in [0.4, 0.5) is 0 Å². The van der Waals surface area contributed by atoms with Gasteiger partial charge in [0.2, 0.25) is 5.91 Å². The van der Waals surface area contributed by atoms with Crippen LogP contribution in [-0.2, 0) is 4.79 Å². The van der Waals surface area contributed by atoms with Gasteiger partial charge in [-0.25, -0.2) is 0 Å².